The standard InChI is InChI=1S/C10H10BrN3O/c1-2-9-13-10(15-14-9)7-4-3-6(11)5-8(7)12/h3-5H,2,12H2,1H3. The van der Waals surface area contributed by atoms with Crippen molar-refractivity contribution in [2.24, 2.45) is 0 Å². The lowest BCUT2D eigenvalue weighted by atomic mass is 10.2. The third-order valence-electron chi connectivity index (χ3n) is 2.03. The number of benzene rings is 1. The lowest BCUT2D eigenvalue weighted by molar-refractivity contribution is 0.423. The minimum absolute atomic E-state index is 0.469. The Balaban J connectivity index is 2.44. The van der Waals surface area contributed by atoms with Gasteiger partial charge in [-0.3, -0.25) is 0 Å². The number of nitrogens with two attached hydrogens (primary N) is 1. The molecular weight excluding hydrogens is 258 g/mol. The zero-order valence-corrected chi connectivity index (χ0v) is 9.78. The quantitative estimate of drug-likeness (QED) is 0.850. The van der Waals surface area contributed by atoms with E-state index in [1.54, 1.807) is 0 Å². The Hall–Kier alpha value is -1.36. The molecule has 0 atom stereocenters. The van der Waals surface area contributed by atoms with E-state index in [9.17, 15) is 0 Å². The Bertz CT molecular complexity index is 481. The van der Waals surface area contributed by atoms with Crippen LogP contribution in [0, 0.1) is 0 Å². The molecule has 0 fully saturated rings. The first-order valence-corrected chi connectivity index (χ1v) is 5.38. The number of anilines is 1. The number of hydrogen-bond donors (Lipinski definition) is 1. The molecule has 78 valence electrons. The van der Waals surface area contributed by atoms with E-state index in [1.165, 1.54) is 0 Å². The van der Waals surface area contributed by atoms with Crippen molar-refractivity contribution in [3.63, 3.8) is 0 Å². The van der Waals surface area contributed by atoms with E-state index in [0.717, 1.165) is 16.5 Å². The molecule has 0 saturated heterocycles. The van der Waals surface area contributed by atoms with Gasteiger partial charge in [-0.25, -0.2) is 0 Å². The summed E-state index contributed by atoms with van der Waals surface area (Å²) >= 11 is 3.34. The molecule has 1 aromatic carbocycles. The summed E-state index contributed by atoms with van der Waals surface area (Å²) in [6.45, 7) is 1.97. The van der Waals surface area contributed by atoms with Crippen LogP contribution >= 0.6 is 15.9 Å². The summed E-state index contributed by atoms with van der Waals surface area (Å²) in [5, 5.41) is 3.82. The van der Waals surface area contributed by atoms with Gasteiger partial charge in [-0.05, 0) is 18.2 Å². The van der Waals surface area contributed by atoms with Crippen LogP contribution in [0.15, 0.2) is 27.2 Å². The smallest absolute Gasteiger partial charge is 0.260 e. The van der Waals surface area contributed by atoms with E-state index in [2.05, 4.69) is 26.1 Å². The third kappa shape index (κ3) is 2.02. The van der Waals surface area contributed by atoms with Crippen molar-refractivity contribution in [3.8, 4) is 11.5 Å². The monoisotopic (exact) mass is 267 g/mol. The molecule has 0 spiro atoms. The van der Waals surface area contributed by atoms with Crippen molar-refractivity contribution >= 4 is 21.6 Å². The minimum Gasteiger partial charge on any atom is -0.398 e. The number of aromatic nitrogens is 2. The maximum Gasteiger partial charge on any atom is 0.260 e. The van der Waals surface area contributed by atoms with Crippen molar-refractivity contribution in [3.05, 3.63) is 28.5 Å². The van der Waals surface area contributed by atoms with Gasteiger partial charge in [0.05, 0.1) is 5.56 Å². The summed E-state index contributed by atoms with van der Waals surface area (Å²) in [4.78, 5) is 4.22. The van der Waals surface area contributed by atoms with Crippen LogP contribution in [0.1, 0.15) is 12.7 Å². The van der Waals surface area contributed by atoms with Gasteiger partial charge in [-0.2, -0.15) is 4.98 Å². The van der Waals surface area contributed by atoms with Crippen LogP contribution in [0.3, 0.4) is 0 Å². The zero-order valence-electron chi connectivity index (χ0n) is 8.20. The normalized spacial score (nSPS) is 10.5. The molecule has 0 bridgehead atoms. The van der Waals surface area contributed by atoms with Gasteiger partial charge in [0, 0.05) is 16.6 Å². The van der Waals surface area contributed by atoms with Gasteiger partial charge in [0.15, 0.2) is 5.82 Å². The maximum absolute atomic E-state index is 5.85. The molecule has 0 aliphatic rings. The van der Waals surface area contributed by atoms with E-state index in [0.29, 0.717) is 17.4 Å². The second-order valence-corrected chi connectivity index (χ2v) is 4.02. The van der Waals surface area contributed by atoms with Crippen molar-refractivity contribution < 1.29 is 4.52 Å². The van der Waals surface area contributed by atoms with Gasteiger partial charge in [0.1, 0.15) is 0 Å². The van der Waals surface area contributed by atoms with E-state index < -0.39 is 0 Å². The van der Waals surface area contributed by atoms with Gasteiger partial charge in [0.25, 0.3) is 5.89 Å². The van der Waals surface area contributed by atoms with Crippen LogP contribution in [0.5, 0.6) is 0 Å². The summed E-state index contributed by atoms with van der Waals surface area (Å²) in [6.07, 6.45) is 0.750. The fourth-order valence-corrected chi connectivity index (χ4v) is 1.61. The van der Waals surface area contributed by atoms with Gasteiger partial charge in [-0.15, -0.1) is 0 Å². The average molecular weight is 268 g/mol. The lowest BCUT2D eigenvalue weighted by Crippen LogP contribution is -1.90. The summed E-state index contributed by atoms with van der Waals surface area (Å²) in [5.74, 6) is 1.16. The van der Waals surface area contributed by atoms with Crippen molar-refractivity contribution in [1.29, 1.82) is 0 Å². The van der Waals surface area contributed by atoms with Crippen molar-refractivity contribution in [2.45, 2.75) is 13.3 Å². The second-order valence-electron chi connectivity index (χ2n) is 3.10. The van der Waals surface area contributed by atoms with Gasteiger partial charge in [-0.1, -0.05) is 28.0 Å². The topological polar surface area (TPSA) is 64.9 Å². The average Bonchev–Trinajstić information content (AvgIpc) is 2.66. The number of hydrogen-bond acceptors (Lipinski definition) is 4. The fourth-order valence-electron chi connectivity index (χ4n) is 1.24. The summed E-state index contributed by atoms with van der Waals surface area (Å²) in [6, 6.07) is 5.55. The van der Waals surface area contributed by atoms with Crippen molar-refractivity contribution in [1.82, 2.24) is 10.1 Å². The first kappa shape index (κ1) is 10.2. The molecule has 15 heavy (non-hydrogen) atoms. The molecule has 1 aromatic heterocycles. The first-order chi connectivity index (χ1) is 7.20. The predicted molar refractivity (Wildman–Crippen MR) is 61.2 cm³/mol. The highest BCUT2D eigenvalue weighted by molar-refractivity contribution is 9.10. The SMILES string of the molecule is CCc1noc(-c2ccc(Br)cc2N)n1. The Morgan fingerprint density at radius 1 is 1.47 bits per heavy atom. The largest absolute Gasteiger partial charge is 0.398 e. The van der Waals surface area contributed by atoms with E-state index in [4.69, 9.17) is 10.3 Å². The van der Waals surface area contributed by atoms with Crippen LogP contribution in [0.4, 0.5) is 5.69 Å². The third-order valence-corrected chi connectivity index (χ3v) is 2.52. The molecule has 2 rings (SSSR count). The predicted octanol–water partition coefficient (Wildman–Crippen LogP) is 2.64. The molecule has 1 heterocycles. The Morgan fingerprint density at radius 3 is 2.87 bits per heavy atom. The molecule has 0 unspecified atom stereocenters. The van der Waals surface area contributed by atoms with Crippen LogP contribution in [-0.2, 0) is 6.42 Å². The molecule has 0 aliphatic carbocycles. The Kier molecular flexibility index (Phi) is 2.73. The van der Waals surface area contributed by atoms with Crippen molar-refractivity contribution in [2.75, 3.05) is 5.73 Å². The van der Waals surface area contributed by atoms with Gasteiger partial charge in [0.2, 0.25) is 0 Å². The van der Waals surface area contributed by atoms with Crippen LogP contribution in [-0.4, -0.2) is 10.1 Å². The van der Waals surface area contributed by atoms with Gasteiger partial charge >= 0.3 is 0 Å². The minimum atomic E-state index is 0.469. The molecular formula is C10H10BrN3O. The molecule has 0 aliphatic heterocycles. The molecule has 2 aromatic rings. The Labute approximate surface area is 95.6 Å². The number of rotatable bonds is 2. The number of aryl methyl sites for hydroxylation is 1. The molecule has 0 amide bonds. The molecule has 2 N–H and O–H groups in total. The van der Waals surface area contributed by atoms with Crippen LogP contribution < -0.4 is 5.73 Å². The highest BCUT2D eigenvalue weighted by Crippen LogP contribution is 2.27. The number of nitrogens with zero attached hydrogens (tertiary/aromatic N) is 2. The molecule has 0 radical (unpaired) electrons. The van der Waals surface area contributed by atoms with E-state index in [-0.39, 0.29) is 0 Å². The molecule has 4 nitrogen and oxygen atoms in total. The van der Waals surface area contributed by atoms with Gasteiger partial charge < -0.3 is 10.3 Å². The van der Waals surface area contributed by atoms with E-state index >= 15 is 0 Å². The lowest BCUT2D eigenvalue weighted by Gasteiger charge is -2.00. The zero-order chi connectivity index (χ0) is 10.8. The van der Waals surface area contributed by atoms with E-state index in [1.807, 2.05) is 25.1 Å². The second kappa shape index (κ2) is 4.02. The Morgan fingerprint density at radius 2 is 2.27 bits per heavy atom. The molecule has 5 heteroatoms. The molecule has 0 saturated carbocycles. The highest BCUT2D eigenvalue weighted by Gasteiger charge is 2.10. The highest BCUT2D eigenvalue weighted by atomic mass is 79.9. The van der Waals surface area contributed by atoms with Crippen LogP contribution in [0.2, 0.25) is 0 Å². The first-order valence-electron chi connectivity index (χ1n) is 4.58. The summed E-state index contributed by atoms with van der Waals surface area (Å²) in [5.41, 5.74) is 7.24. The summed E-state index contributed by atoms with van der Waals surface area (Å²) < 4.78 is 6.04. The summed E-state index contributed by atoms with van der Waals surface area (Å²) in [7, 11) is 0. The number of nitrogen functional groups attached to an aromatic ring is 1. The van der Waals surface area contributed by atoms with Crippen LogP contribution in [0.25, 0.3) is 11.5 Å². The number of halogens is 1. The fraction of sp³-hybridized carbons (Fsp3) is 0.200. The maximum atomic E-state index is 5.85.